The molecular weight excluding hydrogens is 340 g/mol. The van der Waals surface area contributed by atoms with Crippen LogP contribution in [0.1, 0.15) is 12.5 Å². The number of halogens is 1. The summed E-state index contributed by atoms with van der Waals surface area (Å²) in [6, 6.07) is 9.71. The number of amides is 2. The van der Waals surface area contributed by atoms with E-state index in [2.05, 4.69) is 0 Å². The van der Waals surface area contributed by atoms with E-state index in [1.807, 2.05) is 31.2 Å². The van der Waals surface area contributed by atoms with E-state index in [9.17, 15) is 4.79 Å². The van der Waals surface area contributed by atoms with Gasteiger partial charge >= 0.3 is 6.03 Å². The second kappa shape index (κ2) is 6.74. The van der Waals surface area contributed by atoms with E-state index in [0.717, 1.165) is 27.3 Å². The Labute approximate surface area is 150 Å². The quantitative estimate of drug-likeness (QED) is 0.784. The van der Waals surface area contributed by atoms with Gasteiger partial charge in [0.05, 0.1) is 18.3 Å². The van der Waals surface area contributed by atoms with Crippen LogP contribution in [-0.4, -0.2) is 24.5 Å². The highest BCUT2D eigenvalue weighted by Crippen LogP contribution is 2.37. The fourth-order valence-electron chi connectivity index (χ4n) is 3.01. The van der Waals surface area contributed by atoms with Crippen LogP contribution in [0.15, 0.2) is 36.4 Å². The number of anilines is 1. The summed E-state index contributed by atoms with van der Waals surface area (Å²) in [5.41, 5.74) is 14.6. The summed E-state index contributed by atoms with van der Waals surface area (Å²) in [7, 11) is 0. The first-order chi connectivity index (χ1) is 11.9. The smallest absolute Gasteiger partial charge is 0.324 e. The van der Waals surface area contributed by atoms with Crippen LogP contribution < -0.4 is 21.1 Å². The summed E-state index contributed by atoms with van der Waals surface area (Å²) in [4.78, 5) is 12.9. The molecule has 3 rings (SSSR count). The molecule has 1 atom stereocenters. The molecule has 2 amide bonds. The maximum Gasteiger partial charge on any atom is 0.324 e. The summed E-state index contributed by atoms with van der Waals surface area (Å²) in [5, 5.41) is 8.62. The van der Waals surface area contributed by atoms with Gasteiger partial charge in [0.15, 0.2) is 0 Å². The van der Waals surface area contributed by atoms with Crippen molar-refractivity contribution in [3.63, 3.8) is 0 Å². The van der Waals surface area contributed by atoms with Gasteiger partial charge in [-0.1, -0.05) is 17.7 Å². The van der Waals surface area contributed by atoms with Gasteiger partial charge in [0.1, 0.15) is 11.6 Å². The molecular formula is C18H19ClN4O2. The van der Waals surface area contributed by atoms with Gasteiger partial charge in [-0.3, -0.25) is 5.41 Å². The van der Waals surface area contributed by atoms with Crippen molar-refractivity contribution in [2.75, 3.05) is 11.5 Å². The van der Waals surface area contributed by atoms with Crippen LogP contribution in [0.4, 0.5) is 10.5 Å². The molecule has 1 heterocycles. The molecule has 0 saturated carbocycles. The fourth-order valence-corrected chi connectivity index (χ4v) is 3.18. The normalized spacial score (nSPS) is 16.5. The second-order valence-corrected chi connectivity index (χ2v) is 6.22. The third-order valence-corrected chi connectivity index (χ3v) is 4.36. The van der Waals surface area contributed by atoms with E-state index in [1.54, 1.807) is 12.1 Å². The van der Waals surface area contributed by atoms with Crippen molar-refractivity contribution < 1.29 is 9.53 Å². The van der Waals surface area contributed by atoms with Crippen LogP contribution in [0.3, 0.4) is 0 Å². The number of carbonyl (C=O) groups is 1. The number of rotatable bonds is 3. The monoisotopic (exact) mass is 358 g/mol. The number of nitrogens with two attached hydrogens (primary N) is 2. The Morgan fingerprint density at radius 3 is 2.80 bits per heavy atom. The van der Waals surface area contributed by atoms with Gasteiger partial charge in [0, 0.05) is 10.6 Å². The highest BCUT2D eigenvalue weighted by Gasteiger charge is 2.31. The van der Waals surface area contributed by atoms with Gasteiger partial charge in [-0.05, 0) is 54.8 Å². The maximum absolute atomic E-state index is 11.7. The first-order valence-corrected chi connectivity index (χ1v) is 8.29. The minimum absolute atomic E-state index is 0.00510. The summed E-state index contributed by atoms with van der Waals surface area (Å²) in [6.07, 6.45) is 0.455. The molecule has 6 nitrogen and oxygen atoms in total. The van der Waals surface area contributed by atoms with Crippen LogP contribution in [0.25, 0.3) is 11.1 Å². The number of urea groups is 1. The predicted octanol–water partition coefficient (Wildman–Crippen LogP) is 3.15. The predicted molar refractivity (Wildman–Crippen MR) is 99.5 cm³/mol. The highest BCUT2D eigenvalue weighted by molar-refractivity contribution is 6.31. The van der Waals surface area contributed by atoms with Crippen molar-refractivity contribution in [3.8, 4) is 16.9 Å². The Bertz CT molecular complexity index is 853. The minimum Gasteiger partial charge on any atom is -0.493 e. The molecule has 0 fully saturated rings. The molecule has 0 radical (unpaired) electrons. The number of nitrogens with zero attached hydrogens (tertiary/aromatic N) is 1. The number of hydrogen-bond acceptors (Lipinski definition) is 4. The molecule has 5 N–H and O–H groups in total. The lowest BCUT2D eigenvalue weighted by Gasteiger charge is -2.32. The zero-order valence-corrected chi connectivity index (χ0v) is 14.5. The number of primary amides is 1. The Morgan fingerprint density at radius 2 is 2.12 bits per heavy atom. The lowest BCUT2D eigenvalue weighted by atomic mass is 9.93. The van der Waals surface area contributed by atoms with Crippen LogP contribution in [-0.2, 0) is 6.42 Å². The topological polar surface area (TPSA) is 105 Å². The van der Waals surface area contributed by atoms with Crippen LogP contribution >= 0.6 is 11.6 Å². The van der Waals surface area contributed by atoms with Crippen molar-refractivity contribution in [2.45, 2.75) is 19.4 Å². The number of ether oxygens (including phenoxy) is 1. The first kappa shape index (κ1) is 17.3. The number of carbonyl (C=O) groups excluding carboxylic acids is 1. The highest BCUT2D eigenvalue weighted by atomic mass is 35.5. The third kappa shape index (κ3) is 3.18. The summed E-state index contributed by atoms with van der Waals surface area (Å²) in [6.45, 7) is 2.46. The van der Waals surface area contributed by atoms with Gasteiger partial charge in [-0.2, -0.15) is 0 Å². The van der Waals surface area contributed by atoms with Gasteiger partial charge in [0.2, 0.25) is 0 Å². The molecule has 0 saturated heterocycles. The molecule has 130 valence electrons. The molecule has 1 aliphatic rings. The zero-order chi connectivity index (χ0) is 18.1. The lowest BCUT2D eigenvalue weighted by Crippen LogP contribution is -2.52. The Hall–Kier alpha value is -2.57. The molecule has 0 aliphatic carbocycles. The van der Waals surface area contributed by atoms with E-state index in [4.69, 9.17) is 33.2 Å². The summed E-state index contributed by atoms with van der Waals surface area (Å²) < 4.78 is 5.69. The maximum atomic E-state index is 11.7. The lowest BCUT2D eigenvalue weighted by molar-refractivity contribution is 0.256. The summed E-state index contributed by atoms with van der Waals surface area (Å²) >= 11 is 6.14. The average Bonchev–Trinajstić information content (AvgIpc) is 2.57. The van der Waals surface area contributed by atoms with Gasteiger partial charge in [-0.25, -0.2) is 9.69 Å². The van der Waals surface area contributed by atoms with Crippen LogP contribution in [0, 0.1) is 5.41 Å². The number of amidine groups is 1. The molecule has 0 aromatic heterocycles. The zero-order valence-electron chi connectivity index (χ0n) is 13.8. The SMILES string of the molecule is CCOc1ccc(Cl)cc1-c1ccc2c(c1)CC(N)C(=N)N2C(N)=O. The van der Waals surface area contributed by atoms with Gasteiger partial charge in [-0.15, -0.1) is 0 Å². The molecule has 0 bridgehead atoms. The van der Waals surface area contributed by atoms with E-state index in [0.29, 0.717) is 23.7 Å². The number of hydrogen-bond donors (Lipinski definition) is 3. The van der Waals surface area contributed by atoms with Crippen LogP contribution in [0.5, 0.6) is 5.75 Å². The van der Waals surface area contributed by atoms with Crippen molar-refractivity contribution in [2.24, 2.45) is 11.5 Å². The Balaban J connectivity index is 2.11. The van der Waals surface area contributed by atoms with E-state index in [1.165, 1.54) is 0 Å². The van der Waals surface area contributed by atoms with E-state index in [-0.39, 0.29) is 5.84 Å². The molecule has 7 heteroatoms. The second-order valence-electron chi connectivity index (χ2n) is 5.79. The number of nitrogens with one attached hydrogen (secondary N) is 1. The molecule has 2 aromatic rings. The van der Waals surface area contributed by atoms with Crippen molar-refractivity contribution in [3.05, 3.63) is 47.0 Å². The standard InChI is InChI=1S/C18H19ClN4O2/c1-2-25-16-6-4-12(19)9-13(16)10-3-5-15-11(7-10)8-14(20)17(21)23(15)18(22)24/h3-7,9,14,21H,2,8,20H2,1H3,(H2,22,24). The summed E-state index contributed by atoms with van der Waals surface area (Å²) in [5.74, 6) is 0.733. The molecule has 25 heavy (non-hydrogen) atoms. The Kier molecular flexibility index (Phi) is 4.65. The van der Waals surface area contributed by atoms with Crippen molar-refractivity contribution in [1.82, 2.24) is 0 Å². The van der Waals surface area contributed by atoms with Crippen molar-refractivity contribution >= 4 is 29.2 Å². The fraction of sp³-hybridized carbons (Fsp3) is 0.222. The molecule has 0 spiro atoms. The third-order valence-electron chi connectivity index (χ3n) is 4.13. The van der Waals surface area contributed by atoms with E-state index >= 15 is 0 Å². The number of fused-ring (bicyclic) bond motifs is 1. The largest absolute Gasteiger partial charge is 0.493 e. The van der Waals surface area contributed by atoms with E-state index < -0.39 is 12.1 Å². The molecule has 1 unspecified atom stereocenters. The average molecular weight is 359 g/mol. The number of benzene rings is 2. The van der Waals surface area contributed by atoms with Gasteiger partial charge in [0.25, 0.3) is 0 Å². The molecule has 2 aromatic carbocycles. The minimum atomic E-state index is -0.716. The van der Waals surface area contributed by atoms with Gasteiger partial charge < -0.3 is 16.2 Å². The molecule has 1 aliphatic heterocycles. The Morgan fingerprint density at radius 1 is 1.36 bits per heavy atom. The first-order valence-electron chi connectivity index (χ1n) is 7.91. The van der Waals surface area contributed by atoms with Crippen LogP contribution in [0.2, 0.25) is 5.02 Å². The van der Waals surface area contributed by atoms with Crippen molar-refractivity contribution in [1.29, 1.82) is 5.41 Å².